The van der Waals surface area contributed by atoms with Gasteiger partial charge in [0.1, 0.15) is 11.3 Å². The Hall–Kier alpha value is -2.82. The molecule has 1 unspecified atom stereocenters. The summed E-state index contributed by atoms with van der Waals surface area (Å²) >= 11 is 0. The second-order valence-electron chi connectivity index (χ2n) is 8.37. The first kappa shape index (κ1) is 18.2. The van der Waals surface area contributed by atoms with Crippen LogP contribution in [0.3, 0.4) is 0 Å². The van der Waals surface area contributed by atoms with E-state index in [0.29, 0.717) is 22.8 Å². The van der Waals surface area contributed by atoms with Crippen LogP contribution in [0.2, 0.25) is 0 Å². The van der Waals surface area contributed by atoms with Gasteiger partial charge in [0, 0.05) is 24.1 Å². The summed E-state index contributed by atoms with van der Waals surface area (Å²) in [6.07, 6.45) is 7.28. The number of rotatable bonds is 5. The van der Waals surface area contributed by atoms with E-state index in [2.05, 4.69) is 4.98 Å². The molecule has 5 nitrogen and oxygen atoms in total. The summed E-state index contributed by atoms with van der Waals surface area (Å²) in [6, 6.07) is 13.3. The predicted molar refractivity (Wildman–Crippen MR) is 111 cm³/mol. The normalized spacial score (nSPS) is 19.6. The molecule has 3 aromatic rings. The first-order valence-corrected chi connectivity index (χ1v) is 10.7. The summed E-state index contributed by atoms with van der Waals surface area (Å²) in [5.41, 5.74) is 3.34. The summed E-state index contributed by atoms with van der Waals surface area (Å²) in [7, 11) is 0. The number of phenolic OH excluding ortho intramolecular Hbond substituents is 1. The van der Waals surface area contributed by atoms with Crippen molar-refractivity contribution in [3.05, 3.63) is 59.5 Å². The average molecular weight is 390 g/mol. The van der Waals surface area contributed by atoms with Crippen LogP contribution in [0.15, 0.2) is 46.9 Å². The Labute approximate surface area is 170 Å². The van der Waals surface area contributed by atoms with Crippen LogP contribution in [0.5, 0.6) is 5.75 Å². The number of carbonyl (C=O) groups excluding carboxylic acids is 1. The SMILES string of the molecule is O=C(c1ccc2nc(C3CC3)oc2c1)N1CCCCC1CCc1cccc(O)c1. The Morgan fingerprint density at radius 2 is 2.03 bits per heavy atom. The summed E-state index contributed by atoms with van der Waals surface area (Å²) in [5.74, 6) is 1.65. The third-order valence-electron chi connectivity index (χ3n) is 6.14. The van der Waals surface area contributed by atoms with Crippen LogP contribution in [-0.2, 0) is 6.42 Å². The first-order valence-electron chi connectivity index (χ1n) is 10.7. The van der Waals surface area contributed by atoms with Gasteiger partial charge in [-0.3, -0.25) is 4.79 Å². The molecule has 1 amide bonds. The topological polar surface area (TPSA) is 66.6 Å². The molecule has 2 aromatic carbocycles. The van der Waals surface area contributed by atoms with Gasteiger partial charge in [-0.2, -0.15) is 0 Å². The van der Waals surface area contributed by atoms with Gasteiger partial charge in [0.25, 0.3) is 5.91 Å². The van der Waals surface area contributed by atoms with E-state index in [9.17, 15) is 9.90 Å². The fourth-order valence-corrected chi connectivity index (χ4v) is 4.36. The smallest absolute Gasteiger partial charge is 0.254 e. The number of piperidine rings is 1. The van der Waals surface area contributed by atoms with Gasteiger partial charge in [-0.25, -0.2) is 4.98 Å². The molecule has 0 bridgehead atoms. The molecule has 1 N–H and O–H groups in total. The van der Waals surface area contributed by atoms with E-state index in [1.54, 1.807) is 6.07 Å². The third kappa shape index (κ3) is 3.86. The second kappa shape index (κ2) is 7.54. The van der Waals surface area contributed by atoms with Gasteiger partial charge in [-0.1, -0.05) is 12.1 Å². The largest absolute Gasteiger partial charge is 0.508 e. The van der Waals surface area contributed by atoms with Gasteiger partial charge in [-0.15, -0.1) is 0 Å². The van der Waals surface area contributed by atoms with Crippen LogP contribution in [-0.4, -0.2) is 33.5 Å². The van der Waals surface area contributed by atoms with Crippen molar-refractivity contribution in [2.45, 2.75) is 56.9 Å². The molecule has 5 rings (SSSR count). The van der Waals surface area contributed by atoms with Crippen LogP contribution in [0, 0.1) is 0 Å². The highest BCUT2D eigenvalue weighted by molar-refractivity contribution is 5.97. The molecule has 5 heteroatoms. The van der Waals surface area contributed by atoms with Crippen molar-refractivity contribution in [3.63, 3.8) is 0 Å². The van der Waals surface area contributed by atoms with Crippen molar-refractivity contribution in [1.82, 2.24) is 9.88 Å². The lowest BCUT2D eigenvalue weighted by molar-refractivity contribution is 0.0602. The van der Waals surface area contributed by atoms with E-state index in [1.807, 2.05) is 41.3 Å². The lowest BCUT2D eigenvalue weighted by Gasteiger charge is -2.36. The van der Waals surface area contributed by atoms with E-state index < -0.39 is 0 Å². The van der Waals surface area contributed by atoms with Crippen LogP contribution < -0.4 is 0 Å². The molecule has 1 saturated heterocycles. The van der Waals surface area contributed by atoms with Crippen molar-refractivity contribution >= 4 is 17.0 Å². The Kier molecular flexibility index (Phi) is 4.74. The lowest BCUT2D eigenvalue weighted by Crippen LogP contribution is -2.44. The van der Waals surface area contributed by atoms with Crippen molar-refractivity contribution < 1.29 is 14.3 Å². The Bertz CT molecular complexity index is 1040. The van der Waals surface area contributed by atoms with E-state index in [0.717, 1.165) is 68.5 Å². The van der Waals surface area contributed by atoms with Gasteiger partial charge in [0.2, 0.25) is 0 Å². The standard InChI is InChI=1S/C24H26N2O3/c27-20-6-3-4-16(14-20)7-11-19-5-1-2-13-26(19)24(28)18-10-12-21-22(15-18)29-23(25-21)17-8-9-17/h3-4,6,10,12,14-15,17,19,27H,1-2,5,7-9,11,13H2. The molecule has 2 fully saturated rings. The molecule has 1 aromatic heterocycles. The third-order valence-corrected chi connectivity index (χ3v) is 6.14. The van der Waals surface area contributed by atoms with Gasteiger partial charge in [-0.05, 0) is 80.8 Å². The minimum absolute atomic E-state index is 0.0804. The Morgan fingerprint density at radius 1 is 1.14 bits per heavy atom. The van der Waals surface area contributed by atoms with E-state index in [4.69, 9.17) is 4.42 Å². The van der Waals surface area contributed by atoms with Gasteiger partial charge < -0.3 is 14.4 Å². The molecule has 1 aliphatic heterocycles. The van der Waals surface area contributed by atoms with Crippen molar-refractivity contribution in [3.8, 4) is 5.75 Å². The first-order chi connectivity index (χ1) is 14.2. The summed E-state index contributed by atoms with van der Waals surface area (Å²) in [5, 5.41) is 9.69. The fourth-order valence-electron chi connectivity index (χ4n) is 4.36. The average Bonchev–Trinajstić information content (AvgIpc) is 3.51. The molecule has 150 valence electrons. The van der Waals surface area contributed by atoms with Crippen LogP contribution in [0.4, 0.5) is 0 Å². The highest BCUT2D eigenvalue weighted by Gasteiger charge is 2.30. The molecular weight excluding hydrogens is 364 g/mol. The number of amides is 1. The van der Waals surface area contributed by atoms with E-state index in [1.165, 1.54) is 0 Å². The van der Waals surface area contributed by atoms with Gasteiger partial charge in [0.15, 0.2) is 11.5 Å². The number of hydrogen-bond donors (Lipinski definition) is 1. The molecular formula is C24H26N2O3. The fraction of sp³-hybridized carbons (Fsp3) is 0.417. The van der Waals surface area contributed by atoms with E-state index >= 15 is 0 Å². The maximum Gasteiger partial charge on any atom is 0.254 e. The number of fused-ring (bicyclic) bond motifs is 1. The summed E-state index contributed by atoms with van der Waals surface area (Å²) in [4.78, 5) is 19.9. The van der Waals surface area contributed by atoms with Crippen LogP contribution in [0.1, 0.15) is 66.3 Å². The van der Waals surface area contributed by atoms with Crippen molar-refractivity contribution in [2.75, 3.05) is 6.54 Å². The molecule has 1 atom stereocenters. The van der Waals surface area contributed by atoms with Crippen molar-refractivity contribution in [2.24, 2.45) is 0 Å². The van der Waals surface area contributed by atoms with Crippen LogP contribution in [0.25, 0.3) is 11.1 Å². The molecule has 2 aliphatic rings. The summed E-state index contributed by atoms with van der Waals surface area (Å²) in [6.45, 7) is 0.797. The van der Waals surface area contributed by atoms with Crippen LogP contribution >= 0.6 is 0 Å². The number of hydrogen-bond acceptors (Lipinski definition) is 4. The minimum Gasteiger partial charge on any atom is -0.508 e. The number of phenols is 1. The molecule has 1 aliphatic carbocycles. The van der Waals surface area contributed by atoms with E-state index in [-0.39, 0.29) is 11.9 Å². The second-order valence-corrected chi connectivity index (χ2v) is 8.37. The number of aromatic nitrogens is 1. The highest BCUT2D eigenvalue weighted by Crippen LogP contribution is 2.40. The zero-order valence-corrected chi connectivity index (χ0v) is 16.5. The number of oxazole rings is 1. The number of aryl methyl sites for hydroxylation is 1. The molecule has 0 spiro atoms. The maximum atomic E-state index is 13.3. The molecule has 29 heavy (non-hydrogen) atoms. The minimum atomic E-state index is 0.0804. The zero-order chi connectivity index (χ0) is 19.8. The highest BCUT2D eigenvalue weighted by atomic mass is 16.3. The zero-order valence-electron chi connectivity index (χ0n) is 16.5. The monoisotopic (exact) mass is 390 g/mol. The van der Waals surface area contributed by atoms with Gasteiger partial charge in [0.05, 0.1) is 0 Å². The molecule has 1 saturated carbocycles. The Morgan fingerprint density at radius 3 is 2.86 bits per heavy atom. The maximum absolute atomic E-state index is 13.3. The number of likely N-dealkylation sites (tertiary alicyclic amines) is 1. The number of carbonyl (C=O) groups is 1. The van der Waals surface area contributed by atoms with Crippen molar-refractivity contribution in [1.29, 1.82) is 0 Å². The number of benzene rings is 2. The predicted octanol–water partition coefficient (Wildman–Crippen LogP) is 5.04. The molecule has 0 radical (unpaired) electrons. The lowest BCUT2D eigenvalue weighted by atomic mass is 9.95. The molecule has 2 heterocycles. The Balaban J connectivity index is 1.33. The quantitative estimate of drug-likeness (QED) is 0.663. The number of nitrogens with zero attached hydrogens (tertiary/aromatic N) is 2. The summed E-state index contributed by atoms with van der Waals surface area (Å²) < 4.78 is 5.91. The number of aromatic hydroxyl groups is 1. The van der Waals surface area contributed by atoms with Gasteiger partial charge >= 0.3 is 0 Å².